The van der Waals surface area contributed by atoms with Crippen LogP contribution in [-0.4, -0.2) is 63.4 Å². The number of carbonyl (C=O) groups is 2. The zero-order valence-corrected chi connectivity index (χ0v) is 13.6. The van der Waals surface area contributed by atoms with E-state index in [0.717, 1.165) is 0 Å². The summed E-state index contributed by atoms with van der Waals surface area (Å²) in [7, 11) is 0. The molecule has 0 atom stereocenters. The number of pyridine rings is 1. The number of halogens is 3. The van der Waals surface area contributed by atoms with Gasteiger partial charge in [-0.15, -0.1) is 0 Å². The maximum atomic E-state index is 12.6. The van der Waals surface area contributed by atoms with E-state index in [9.17, 15) is 27.6 Å². The lowest BCUT2D eigenvalue weighted by molar-refractivity contribution is -0.185. The molecule has 0 spiro atoms. The smallest absolute Gasteiger partial charge is 0.337 e. The molecule has 3 heterocycles. The van der Waals surface area contributed by atoms with E-state index >= 15 is 0 Å². The molecule has 0 radical (unpaired) electrons. The van der Waals surface area contributed by atoms with E-state index in [0.29, 0.717) is 10.5 Å². The Labute approximate surface area is 145 Å². The Morgan fingerprint density at radius 1 is 1.04 bits per heavy atom. The SMILES string of the molecule is O=C(c1cnc2ccccn2c1=O)N1CCCN(C(=O)C(F)(F)F)CC1. The van der Waals surface area contributed by atoms with Crippen LogP contribution >= 0.6 is 0 Å². The molecule has 0 aliphatic carbocycles. The Hall–Kier alpha value is -2.91. The molecule has 2 aromatic rings. The Morgan fingerprint density at radius 3 is 2.46 bits per heavy atom. The van der Waals surface area contributed by atoms with Gasteiger partial charge in [-0.1, -0.05) is 6.07 Å². The summed E-state index contributed by atoms with van der Waals surface area (Å²) < 4.78 is 38.9. The second kappa shape index (κ2) is 6.77. The molecule has 0 saturated carbocycles. The van der Waals surface area contributed by atoms with Gasteiger partial charge in [-0.2, -0.15) is 13.2 Å². The van der Waals surface area contributed by atoms with Gasteiger partial charge >= 0.3 is 12.1 Å². The van der Waals surface area contributed by atoms with Crippen molar-refractivity contribution in [3.63, 3.8) is 0 Å². The molecular formula is C16H15F3N4O3. The fourth-order valence-electron chi connectivity index (χ4n) is 2.85. The van der Waals surface area contributed by atoms with E-state index in [2.05, 4.69) is 4.98 Å². The monoisotopic (exact) mass is 368 g/mol. The first-order valence-corrected chi connectivity index (χ1v) is 7.91. The molecule has 2 aromatic heterocycles. The normalized spacial score (nSPS) is 15.8. The minimum atomic E-state index is -4.94. The van der Waals surface area contributed by atoms with E-state index < -0.39 is 23.5 Å². The van der Waals surface area contributed by atoms with Crippen LogP contribution in [0.15, 0.2) is 35.4 Å². The van der Waals surface area contributed by atoms with Gasteiger partial charge in [0.2, 0.25) is 0 Å². The summed E-state index contributed by atoms with van der Waals surface area (Å²) in [6.07, 6.45) is -2.10. The molecule has 7 nitrogen and oxygen atoms in total. The fraction of sp³-hybridized carbons (Fsp3) is 0.375. The van der Waals surface area contributed by atoms with Crippen LogP contribution in [0.1, 0.15) is 16.8 Å². The predicted molar refractivity (Wildman–Crippen MR) is 84.6 cm³/mol. The maximum Gasteiger partial charge on any atom is 0.471 e. The lowest BCUT2D eigenvalue weighted by Gasteiger charge is -2.22. The van der Waals surface area contributed by atoms with Crippen molar-refractivity contribution in [2.45, 2.75) is 12.6 Å². The topological polar surface area (TPSA) is 75.0 Å². The molecule has 1 fully saturated rings. The van der Waals surface area contributed by atoms with Gasteiger partial charge < -0.3 is 9.80 Å². The zero-order chi connectivity index (χ0) is 18.9. The predicted octanol–water partition coefficient (Wildman–Crippen LogP) is 0.931. The third kappa shape index (κ3) is 3.39. The van der Waals surface area contributed by atoms with E-state index in [1.54, 1.807) is 18.2 Å². The Morgan fingerprint density at radius 2 is 1.73 bits per heavy atom. The van der Waals surface area contributed by atoms with Crippen molar-refractivity contribution in [2.75, 3.05) is 26.2 Å². The van der Waals surface area contributed by atoms with Crippen LogP contribution in [0.4, 0.5) is 13.2 Å². The van der Waals surface area contributed by atoms with Gasteiger partial charge in [0.1, 0.15) is 11.2 Å². The average Bonchev–Trinajstić information content (AvgIpc) is 2.86. The van der Waals surface area contributed by atoms with Gasteiger partial charge in [0, 0.05) is 38.6 Å². The number of carbonyl (C=O) groups excluding carboxylic acids is 2. The van der Waals surface area contributed by atoms with Crippen molar-refractivity contribution < 1.29 is 22.8 Å². The quantitative estimate of drug-likeness (QED) is 0.751. The molecule has 1 aliphatic heterocycles. The lowest BCUT2D eigenvalue weighted by Crippen LogP contribution is -2.44. The largest absolute Gasteiger partial charge is 0.471 e. The Kier molecular flexibility index (Phi) is 4.66. The van der Waals surface area contributed by atoms with Gasteiger partial charge in [0.15, 0.2) is 0 Å². The molecule has 2 amide bonds. The van der Waals surface area contributed by atoms with Crippen molar-refractivity contribution >= 4 is 17.5 Å². The summed E-state index contributed by atoms with van der Waals surface area (Å²) in [5, 5.41) is 0. The van der Waals surface area contributed by atoms with Gasteiger partial charge in [0.05, 0.1) is 0 Å². The number of rotatable bonds is 1. The first kappa shape index (κ1) is 17.9. The third-order valence-electron chi connectivity index (χ3n) is 4.16. The van der Waals surface area contributed by atoms with Crippen molar-refractivity contribution in [3.05, 3.63) is 46.5 Å². The highest BCUT2D eigenvalue weighted by Gasteiger charge is 2.42. The van der Waals surface area contributed by atoms with Gasteiger partial charge in [0.25, 0.3) is 11.5 Å². The van der Waals surface area contributed by atoms with Crippen LogP contribution < -0.4 is 5.56 Å². The number of hydrogen-bond acceptors (Lipinski definition) is 4. The van der Waals surface area contributed by atoms with Crippen LogP contribution in [0.3, 0.4) is 0 Å². The molecular weight excluding hydrogens is 353 g/mol. The first-order chi connectivity index (χ1) is 12.3. The molecule has 0 unspecified atom stereocenters. The number of aromatic nitrogens is 2. The first-order valence-electron chi connectivity index (χ1n) is 7.91. The number of hydrogen-bond donors (Lipinski definition) is 0. The minimum absolute atomic E-state index is 0.0857. The number of fused-ring (bicyclic) bond motifs is 1. The number of amides is 2. The molecule has 0 N–H and O–H groups in total. The fourth-order valence-corrected chi connectivity index (χ4v) is 2.85. The van der Waals surface area contributed by atoms with Crippen molar-refractivity contribution in [1.29, 1.82) is 0 Å². The summed E-state index contributed by atoms with van der Waals surface area (Å²) in [5.41, 5.74) is -0.329. The summed E-state index contributed by atoms with van der Waals surface area (Å²) in [5.74, 6) is -2.53. The van der Waals surface area contributed by atoms with Crippen molar-refractivity contribution in [3.8, 4) is 0 Å². The van der Waals surface area contributed by atoms with Crippen LogP contribution in [0, 0.1) is 0 Å². The summed E-state index contributed by atoms with van der Waals surface area (Å²) >= 11 is 0. The third-order valence-corrected chi connectivity index (χ3v) is 4.16. The van der Waals surface area contributed by atoms with E-state index in [-0.39, 0.29) is 38.2 Å². The van der Waals surface area contributed by atoms with E-state index in [1.165, 1.54) is 21.7 Å². The molecule has 26 heavy (non-hydrogen) atoms. The molecule has 0 aromatic carbocycles. The van der Waals surface area contributed by atoms with Crippen molar-refractivity contribution in [2.24, 2.45) is 0 Å². The van der Waals surface area contributed by atoms with Gasteiger partial charge in [-0.25, -0.2) is 4.98 Å². The van der Waals surface area contributed by atoms with Crippen LogP contribution in [0.5, 0.6) is 0 Å². The minimum Gasteiger partial charge on any atom is -0.337 e. The summed E-state index contributed by atoms with van der Waals surface area (Å²) in [6, 6.07) is 4.93. The van der Waals surface area contributed by atoms with Crippen molar-refractivity contribution in [1.82, 2.24) is 19.2 Å². The molecule has 1 aliphatic rings. The number of alkyl halides is 3. The molecule has 3 rings (SSSR count). The van der Waals surface area contributed by atoms with Gasteiger partial charge in [-0.3, -0.25) is 18.8 Å². The maximum absolute atomic E-state index is 12.6. The average molecular weight is 368 g/mol. The molecule has 1 saturated heterocycles. The van der Waals surface area contributed by atoms with Crippen LogP contribution in [0.25, 0.3) is 5.65 Å². The van der Waals surface area contributed by atoms with Gasteiger partial charge in [-0.05, 0) is 18.6 Å². The second-order valence-electron chi connectivity index (χ2n) is 5.84. The second-order valence-corrected chi connectivity index (χ2v) is 5.84. The van der Waals surface area contributed by atoms with E-state index in [1.807, 2.05) is 0 Å². The number of nitrogens with zero attached hydrogens (tertiary/aromatic N) is 4. The summed E-state index contributed by atoms with van der Waals surface area (Å²) in [6.45, 7) is -0.279. The highest BCUT2D eigenvalue weighted by Crippen LogP contribution is 2.19. The lowest BCUT2D eigenvalue weighted by atomic mass is 10.2. The molecule has 138 valence electrons. The Balaban J connectivity index is 1.80. The van der Waals surface area contributed by atoms with Crippen LogP contribution in [0.2, 0.25) is 0 Å². The van der Waals surface area contributed by atoms with Crippen LogP contribution in [-0.2, 0) is 4.79 Å². The van der Waals surface area contributed by atoms with E-state index in [4.69, 9.17) is 0 Å². The molecule has 10 heteroatoms. The highest BCUT2D eigenvalue weighted by molar-refractivity contribution is 5.94. The summed E-state index contributed by atoms with van der Waals surface area (Å²) in [4.78, 5) is 42.5. The molecule has 0 bridgehead atoms. The highest BCUT2D eigenvalue weighted by atomic mass is 19.4. The standard InChI is InChI=1S/C16H15F3N4O3/c17-16(18,19)15(26)22-6-3-5-21(8-9-22)13(24)11-10-20-12-4-1-2-7-23(12)14(11)25/h1-2,4,7,10H,3,5-6,8-9H2. The Bertz CT molecular complexity index is 909. The zero-order valence-electron chi connectivity index (χ0n) is 13.6.